The number of rotatable bonds is 4. The third kappa shape index (κ3) is 4.97. The van der Waals surface area contributed by atoms with E-state index in [1.807, 2.05) is 63.8 Å². The smallest absolute Gasteiger partial charge is 0.410 e. The first-order valence-electron chi connectivity index (χ1n) is 10.9. The number of amides is 2. The van der Waals surface area contributed by atoms with Gasteiger partial charge < -0.3 is 19.3 Å². The van der Waals surface area contributed by atoms with Crippen molar-refractivity contribution in [2.75, 3.05) is 26.2 Å². The summed E-state index contributed by atoms with van der Waals surface area (Å²) >= 11 is 0. The first kappa shape index (κ1) is 22.2. The molecule has 3 rings (SSSR count). The van der Waals surface area contributed by atoms with Crippen LogP contribution in [0.2, 0.25) is 0 Å². The standard InChI is InChI=1S/C24H34N2O4/c1-6-25(7-2)21(27)16-18-17-24(29-20-11-9-8-10-19(18)20)12-14-26(15-13-24)22(28)30-23(3,4)5/h8-11,17H,6-7,12-16H2,1-5H3. The number of ether oxygens (including phenoxy) is 2. The zero-order valence-corrected chi connectivity index (χ0v) is 18.9. The lowest BCUT2D eigenvalue weighted by Gasteiger charge is -2.43. The van der Waals surface area contributed by atoms with E-state index in [4.69, 9.17) is 9.47 Å². The lowest BCUT2D eigenvalue weighted by Crippen LogP contribution is -2.50. The number of fused-ring (bicyclic) bond motifs is 1. The summed E-state index contributed by atoms with van der Waals surface area (Å²) in [5.74, 6) is 0.942. The van der Waals surface area contributed by atoms with Gasteiger partial charge in [-0.2, -0.15) is 0 Å². The number of benzene rings is 1. The molecular weight excluding hydrogens is 380 g/mol. The Kier molecular flexibility index (Phi) is 6.44. The second-order valence-corrected chi connectivity index (χ2v) is 9.04. The third-order valence-electron chi connectivity index (χ3n) is 5.70. The predicted molar refractivity (Wildman–Crippen MR) is 117 cm³/mol. The molecule has 0 saturated carbocycles. The van der Waals surface area contributed by atoms with Gasteiger partial charge in [-0.25, -0.2) is 4.79 Å². The number of para-hydroxylation sites is 1. The summed E-state index contributed by atoms with van der Waals surface area (Å²) < 4.78 is 11.9. The van der Waals surface area contributed by atoms with Crippen molar-refractivity contribution in [1.82, 2.24) is 9.80 Å². The van der Waals surface area contributed by atoms with Gasteiger partial charge in [0.1, 0.15) is 17.0 Å². The van der Waals surface area contributed by atoms with E-state index in [-0.39, 0.29) is 12.0 Å². The fraction of sp³-hybridized carbons (Fsp3) is 0.583. The highest BCUT2D eigenvalue weighted by atomic mass is 16.6. The normalized spacial score (nSPS) is 17.6. The first-order chi connectivity index (χ1) is 14.2. The molecule has 1 aromatic rings. The molecule has 2 aliphatic heterocycles. The molecule has 0 atom stereocenters. The summed E-state index contributed by atoms with van der Waals surface area (Å²) in [7, 11) is 0. The van der Waals surface area contributed by atoms with E-state index in [1.165, 1.54) is 0 Å². The van der Waals surface area contributed by atoms with Crippen molar-refractivity contribution in [1.29, 1.82) is 0 Å². The number of piperidine rings is 1. The Morgan fingerprint density at radius 3 is 2.37 bits per heavy atom. The van der Waals surface area contributed by atoms with Crippen molar-refractivity contribution in [2.24, 2.45) is 0 Å². The third-order valence-corrected chi connectivity index (χ3v) is 5.70. The van der Waals surface area contributed by atoms with E-state index < -0.39 is 11.2 Å². The van der Waals surface area contributed by atoms with Crippen LogP contribution in [-0.4, -0.2) is 59.2 Å². The van der Waals surface area contributed by atoms with Gasteiger partial charge in [0.15, 0.2) is 0 Å². The van der Waals surface area contributed by atoms with Gasteiger partial charge in [0.25, 0.3) is 0 Å². The van der Waals surface area contributed by atoms with Gasteiger partial charge in [-0.1, -0.05) is 18.2 Å². The van der Waals surface area contributed by atoms with Crippen LogP contribution >= 0.6 is 0 Å². The molecule has 1 saturated heterocycles. The monoisotopic (exact) mass is 414 g/mol. The highest BCUT2D eigenvalue weighted by Crippen LogP contribution is 2.42. The van der Waals surface area contributed by atoms with Crippen molar-refractivity contribution in [3.8, 4) is 5.75 Å². The Labute approximate surface area is 179 Å². The molecule has 164 valence electrons. The van der Waals surface area contributed by atoms with Crippen molar-refractivity contribution in [3.63, 3.8) is 0 Å². The molecule has 6 heteroatoms. The van der Waals surface area contributed by atoms with Gasteiger partial charge in [-0.3, -0.25) is 4.79 Å². The summed E-state index contributed by atoms with van der Waals surface area (Å²) in [6.07, 6.45) is 3.55. The van der Waals surface area contributed by atoms with Gasteiger partial charge in [0.2, 0.25) is 5.91 Å². The fourth-order valence-electron chi connectivity index (χ4n) is 4.10. The summed E-state index contributed by atoms with van der Waals surface area (Å²) in [6.45, 7) is 12.2. The maximum Gasteiger partial charge on any atom is 0.410 e. The van der Waals surface area contributed by atoms with E-state index >= 15 is 0 Å². The Morgan fingerprint density at radius 2 is 1.77 bits per heavy atom. The van der Waals surface area contributed by atoms with E-state index in [1.54, 1.807) is 4.90 Å². The molecule has 6 nitrogen and oxygen atoms in total. The van der Waals surface area contributed by atoms with Crippen LogP contribution in [0.5, 0.6) is 5.75 Å². The largest absolute Gasteiger partial charge is 0.482 e. The summed E-state index contributed by atoms with van der Waals surface area (Å²) in [4.78, 5) is 28.8. The molecule has 2 amide bonds. The highest BCUT2D eigenvalue weighted by molar-refractivity contribution is 5.90. The molecule has 2 heterocycles. The molecule has 0 unspecified atom stereocenters. The van der Waals surface area contributed by atoms with Crippen LogP contribution < -0.4 is 4.74 Å². The molecule has 30 heavy (non-hydrogen) atoms. The lowest BCUT2D eigenvalue weighted by atomic mass is 9.84. The second kappa shape index (κ2) is 8.70. The number of carbonyl (C=O) groups excluding carboxylic acids is 2. The molecule has 0 aromatic heterocycles. The lowest BCUT2D eigenvalue weighted by molar-refractivity contribution is -0.129. The number of likely N-dealkylation sites (tertiary alicyclic amines) is 1. The minimum Gasteiger partial charge on any atom is -0.482 e. The average Bonchev–Trinajstić information content (AvgIpc) is 2.68. The maximum atomic E-state index is 12.8. The van der Waals surface area contributed by atoms with Crippen molar-refractivity contribution < 1.29 is 19.1 Å². The molecule has 0 radical (unpaired) electrons. The molecule has 0 bridgehead atoms. The number of carbonyl (C=O) groups is 2. The Hall–Kier alpha value is -2.50. The van der Waals surface area contributed by atoms with Crippen LogP contribution in [0.3, 0.4) is 0 Å². The van der Waals surface area contributed by atoms with Crippen molar-refractivity contribution >= 4 is 17.6 Å². The molecule has 1 fully saturated rings. The molecule has 1 aromatic carbocycles. The Balaban J connectivity index is 1.79. The molecular formula is C24H34N2O4. The van der Waals surface area contributed by atoms with Crippen LogP contribution in [0, 0.1) is 0 Å². The zero-order chi connectivity index (χ0) is 21.9. The number of hydrogen-bond donors (Lipinski definition) is 0. The zero-order valence-electron chi connectivity index (χ0n) is 18.9. The molecule has 2 aliphatic rings. The summed E-state index contributed by atoms with van der Waals surface area (Å²) in [5.41, 5.74) is 0.994. The predicted octanol–water partition coefficient (Wildman–Crippen LogP) is 4.49. The van der Waals surface area contributed by atoms with Crippen LogP contribution in [0.25, 0.3) is 5.57 Å². The summed E-state index contributed by atoms with van der Waals surface area (Å²) in [5, 5.41) is 0. The van der Waals surface area contributed by atoms with E-state index in [2.05, 4.69) is 6.08 Å². The van der Waals surface area contributed by atoms with Gasteiger partial charge >= 0.3 is 6.09 Å². The number of hydrogen-bond acceptors (Lipinski definition) is 4. The van der Waals surface area contributed by atoms with Gasteiger partial charge in [-0.15, -0.1) is 0 Å². The van der Waals surface area contributed by atoms with E-state index in [9.17, 15) is 9.59 Å². The topological polar surface area (TPSA) is 59.1 Å². The minimum atomic E-state index is -0.510. The Bertz CT molecular complexity index is 813. The fourth-order valence-corrected chi connectivity index (χ4v) is 4.10. The van der Waals surface area contributed by atoms with Gasteiger partial charge in [0.05, 0.1) is 6.42 Å². The van der Waals surface area contributed by atoms with E-state index in [0.717, 1.165) is 16.9 Å². The second-order valence-electron chi connectivity index (χ2n) is 9.04. The van der Waals surface area contributed by atoms with Gasteiger partial charge in [0, 0.05) is 44.6 Å². The average molecular weight is 415 g/mol. The highest BCUT2D eigenvalue weighted by Gasteiger charge is 2.40. The quantitative estimate of drug-likeness (QED) is 0.728. The minimum absolute atomic E-state index is 0.129. The van der Waals surface area contributed by atoms with Crippen molar-refractivity contribution in [2.45, 2.75) is 65.1 Å². The SMILES string of the molecule is CCN(CC)C(=O)CC1=CC2(CCN(C(=O)OC(C)(C)C)CC2)Oc2ccccc21. The van der Waals surface area contributed by atoms with Crippen molar-refractivity contribution in [3.05, 3.63) is 35.9 Å². The first-order valence-corrected chi connectivity index (χ1v) is 10.9. The summed E-state index contributed by atoms with van der Waals surface area (Å²) in [6, 6.07) is 7.91. The van der Waals surface area contributed by atoms with Crippen LogP contribution in [0.4, 0.5) is 4.79 Å². The Morgan fingerprint density at radius 1 is 1.13 bits per heavy atom. The van der Waals surface area contributed by atoms with Crippen LogP contribution in [0.15, 0.2) is 30.3 Å². The van der Waals surface area contributed by atoms with E-state index in [0.29, 0.717) is 45.4 Å². The van der Waals surface area contributed by atoms with Crippen LogP contribution in [-0.2, 0) is 9.53 Å². The molecule has 1 spiro atoms. The van der Waals surface area contributed by atoms with Crippen LogP contribution in [0.1, 0.15) is 59.4 Å². The molecule has 0 aliphatic carbocycles. The molecule has 0 N–H and O–H groups in total. The number of nitrogens with zero attached hydrogens (tertiary/aromatic N) is 2. The maximum absolute atomic E-state index is 12.8. The van der Waals surface area contributed by atoms with Gasteiger partial charge in [-0.05, 0) is 52.3 Å².